The summed E-state index contributed by atoms with van der Waals surface area (Å²) in [5.41, 5.74) is 1.38. The minimum Gasteiger partial charge on any atom is -0.358 e. The van der Waals surface area contributed by atoms with Gasteiger partial charge in [0.15, 0.2) is 5.65 Å². The fraction of sp³-hybridized carbons (Fsp3) is 0.143. The number of benzene rings is 1. The Bertz CT molecular complexity index is 754. The number of aromatic amines is 1. The topological polar surface area (TPSA) is 95.6 Å². The number of amides is 1. The Balaban J connectivity index is 1.72. The van der Waals surface area contributed by atoms with Gasteiger partial charge in [0.25, 0.3) is 0 Å². The van der Waals surface area contributed by atoms with E-state index in [1.54, 1.807) is 13.1 Å². The molecule has 3 aromatic rings. The number of nitrogens with zero attached hydrogens (tertiary/aromatic N) is 3. The molecule has 3 rings (SSSR count). The van der Waals surface area contributed by atoms with E-state index in [4.69, 9.17) is 0 Å². The smallest absolute Gasteiger partial charge is 0.246 e. The van der Waals surface area contributed by atoms with E-state index < -0.39 is 6.04 Å². The number of H-pyrrole nitrogens is 1. The third kappa shape index (κ3) is 2.81. The molecule has 1 unspecified atom stereocenters. The quantitative estimate of drug-likeness (QED) is 0.678. The average molecular weight is 282 g/mol. The summed E-state index contributed by atoms with van der Waals surface area (Å²) in [6, 6.07) is 8.86. The molecule has 0 radical (unpaired) electrons. The molecule has 7 heteroatoms. The van der Waals surface area contributed by atoms with E-state index in [0.29, 0.717) is 11.5 Å². The third-order valence-corrected chi connectivity index (χ3v) is 3.04. The third-order valence-electron chi connectivity index (χ3n) is 3.04. The molecular weight excluding hydrogens is 268 g/mol. The summed E-state index contributed by atoms with van der Waals surface area (Å²) in [7, 11) is 0. The highest BCUT2D eigenvalue weighted by atomic mass is 16.2. The summed E-state index contributed by atoms with van der Waals surface area (Å²) in [6.45, 7) is 1.77. The second-order valence-electron chi connectivity index (χ2n) is 4.58. The van der Waals surface area contributed by atoms with E-state index in [9.17, 15) is 4.79 Å². The van der Waals surface area contributed by atoms with Crippen LogP contribution in [0.4, 0.5) is 11.5 Å². The number of carbonyl (C=O) groups excluding carboxylic acids is 1. The van der Waals surface area contributed by atoms with Crippen molar-refractivity contribution in [1.82, 2.24) is 20.2 Å². The van der Waals surface area contributed by atoms with Crippen LogP contribution in [0.5, 0.6) is 0 Å². The van der Waals surface area contributed by atoms with Gasteiger partial charge in [-0.2, -0.15) is 5.10 Å². The first-order valence-electron chi connectivity index (χ1n) is 6.50. The van der Waals surface area contributed by atoms with Crippen molar-refractivity contribution in [1.29, 1.82) is 0 Å². The second-order valence-corrected chi connectivity index (χ2v) is 4.58. The molecule has 0 bridgehead atoms. The lowest BCUT2D eigenvalue weighted by Crippen LogP contribution is -2.32. The molecule has 0 spiro atoms. The highest BCUT2D eigenvalue weighted by molar-refractivity contribution is 5.97. The van der Waals surface area contributed by atoms with Crippen molar-refractivity contribution in [3.8, 4) is 0 Å². The van der Waals surface area contributed by atoms with Gasteiger partial charge in [-0.1, -0.05) is 18.2 Å². The van der Waals surface area contributed by atoms with Crippen LogP contribution in [0.25, 0.3) is 11.0 Å². The Labute approximate surface area is 120 Å². The highest BCUT2D eigenvalue weighted by Crippen LogP contribution is 2.17. The lowest BCUT2D eigenvalue weighted by Gasteiger charge is -2.14. The summed E-state index contributed by atoms with van der Waals surface area (Å²) < 4.78 is 0. The van der Waals surface area contributed by atoms with Crippen molar-refractivity contribution in [3.63, 3.8) is 0 Å². The van der Waals surface area contributed by atoms with Gasteiger partial charge in [0.2, 0.25) is 5.91 Å². The standard InChI is InChI=1S/C14H14N6O/c1-9(14(21)19-10-5-3-2-4-6-10)18-12-11-7-17-20-13(11)16-8-15-12/h2-9H,1H3,(H,19,21)(H2,15,16,17,18,20). The molecule has 1 amide bonds. The van der Waals surface area contributed by atoms with Crippen molar-refractivity contribution >= 4 is 28.4 Å². The fourth-order valence-corrected chi connectivity index (χ4v) is 1.92. The van der Waals surface area contributed by atoms with Crippen LogP contribution >= 0.6 is 0 Å². The van der Waals surface area contributed by atoms with Crippen LogP contribution in [0.1, 0.15) is 6.92 Å². The number of fused-ring (bicyclic) bond motifs is 1. The van der Waals surface area contributed by atoms with Gasteiger partial charge in [0, 0.05) is 5.69 Å². The van der Waals surface area contributed by atoms with Crippen molar-refractivity contribution in [2.24, 2.45) is 0 Å². The van der Waals surface area contributed by atoms with Gasteiger partial charge in [0.1, 0.15) is 18.2 Å². The maximum Gasteiger partial charge on any atom is 0.246 e. The van der Waals surface area contributed by atoms with Crippen LogP contribution in [0.2, 0.25) is 0 Å². The number of anilines is 2. The number of rotatable bonds is 4. The normalized spacial score (nSPS) is 12.0. The molecule has 0 saturated heterocycles. The lowest BCUT2D eigenvalue weighted by molar-refractivity contribution is -0.116. The first-order chi connectivity index (χ1) is 10.2. The number of nitrogens with one attached hydrogen (secondary N) is 3. The van der Waals surface area contributed by atoms with Crippen LogP contribution in [0.15, 0.2) is 42.9 Å². The van der Waals surface area contributed by atoms with Crippen molar-refractivity contribution in [3.05, 3.63) is 42.9 Å². The van der Waals surface area contributed by atoms with Crippen molar-refractivity contribution in [2.45, 2.75) is 13.0 Å². The largest absolute Gasteiger partial charge is 0.358 e. The molecule has 2 aromatic heterocycles. The predicted octanol–water partition coefficient (Wildman–Crippen LogP) is 1.79. The van der Waals surface area contributed by atoms with Crippen LogP contribution in [-0.2, 0) is 4.79 Å². The summed E-state index contributed by atoms with van der Waals surface area (Å²) >= 11 is 0. The number of aromatic nitrogens is 4. The Hall–Kier alpha value is -2.96. The maximum absolute atomic E-state index is 12.2. The van der Waals surface area contributed by atoms with E-state index in [-0.39, 0.29) is 5.91 Å². The van der Waals surface area contributed by atoms with E-state index in [0.717, 1.165) is 11.1 Å². The second kappa shape index (κ2) is 5.58. The van der Waals surface area contributed by atoms with Crippen LogP contribution in [0, 0.1) is 0 Å². The van der Waals surface area contributed by atoms with Crippen molar-refractivity contribution in [2.75, 3.05) is 10.6 Å². The molecule has 0 aliphatic rings. The molecule has 7 nitrogen and oxygen atoms in total. The fourth-order valence-electron chi connectivity index (χ4n) is 1.92. The van der Waals surface area contributed by atoms with Gasteiger partial charge in [-0.25, -0.2) is 9.97 Å². The summed E-state index contributed by atoms with van der Waals surface area (Å²) in [5.74, 6) is 0.431. The molecule has 0 aliphatic carbocycles. The molecule has 0 aliphatic heterocycles. The average Bonchev–Trinajstić information content (AvgIpc) is 2.98. The molecule has 106 valence electrons. The number of hydrogen-bond acceptors (Lipinski definition) is 5. The van der Waals surface area contributed by atoms with Crippen LogP contribution < -0.4 is 10.6 Å². The Morgan fingerprint density at radius 3 is 2.86 bits per heavy atom. The first-order valence-corrected chi connectivity index (χ1v) is 6.50. The maximum atomic E-state index is 12.2. The van der Waals surface area contributed by atoms with E-state index >= 15 is 0 Å². The molecule has 2 heterocycles. The van der Waals surface area contributed by atoms with Gasteiger partial charge in [-0.05, 0) is 19.1 Å². The monoisotopic (exact) mass is 282 g/mol. The molecule has 1 atom stereocenters. The van der Waals surface area contributed by atoms with Crippen molar-refractivity contribution < 1.29 is 4.79 Å². The minimum absolute atomic E-state index is 0.142. The van der Waals surface area contributed by atoms with Crippen LogP contribution in [0.3, 0.4) is 0 Å². The van der Waals surface area contributed by atoms with Gasteiger partial charge in [0.05, 0.1) is 11.6 Å². The highest BCUT2D eigenvalue weighted by Gasteiger charge is 2.15. The molecule has 3 N–H and O–H groups in total. The van der Waals surface area contributed by atoms with Gasteiger partial charge in [-0.15, -0.1) is 0 Å². The molecule has 0 saturated carbocycles. The number of carbonyl (C=O) groups is 1. The number of hydrogen-bond donors (Lipinski definition) is 3. The molecule has 1 aromatic carbocycles. The Kier molecular flexibility index (Phi) is 3.46. The summed E-state index contributed by atoms with van der Waals surface area (Å²) in [6.07, 6.45) is 3.05. The molecule has 0 fully saturated rings. The van der Waals surface area contributed by atoms with E-state index in [2.05, 4.69) is 30.8 Å². The Morgan fingerprint density at radius 1 is 1.24 bits per heavy atom. The van der Waals surface area contributed by atoms with E-state index in [1.807, 2.05) is 30.3 Å². The zero-order valence-electron chi connectivity index (χ0n) is 11.4. The summed E-state index contributed by atoms with van der Waals surface area (Å²) in [4.78, 5) is 20.3. The van der Waals surface area contributed by atoms with Gasteiger partial charge >= 0.3 is 0 Å². The predicted molar refractivity (Wildman–Crippen MR) is 79.8 cm³/mol. The van der Waals surface area contributed by atoms with Crippen LogP contribution in [-0.4, -0.2) is 32.1 Å². The number of para-hydroxylation sites is 1. The SMILES string of the molecule is CC(Nc1ncnc2[nH]ncc12)C(=O)Nc1ccccc1. The molecular formula is C14H14N6O. The van der Waals surface area contributed by atoms with E-state index in [1.165, 1.54) is 6.33 Å². The Morgan fingerprint density at radius 2 is 2.05 bits per heavy atom. The first kappa shape index (κ1) is 13.0. The lowest BCUT2D eigenvalue weighted by atomic mass is 10.2. The summed E-state index contributed by atoms with van der Waals surface area (Å²) in [5, 5.41) is 13.3. The van der Waals surface area contributed by atoms with Gasteiger partial charge < -0.3 is 10.6 Å². The molecule has 21 heavy (non-hydrogen) atoms. The zero-order chi connectivity index (χ0) is 14.7. The zero-order valence-corrected chi connectivity index (χ0v) is 11.4. The minimum atomic E-state index is -0.446. The van der Waals surface area contributed by atoms with Gasteiger partial charge in [-0.3, -0.25) is 9.89 Å².